The van der Waals surface area contributed by atoms with Crippen molar-refractivity contribution in [1.82, 2.24) is 0 Å². The molecule has 3 unspecified atom stereocenters. The van der Waals surface area contributed by atoms with E-state index in [2.05, 4.69) is 55.6 Å². The van der Waals surface area contributed by atoms with Crippen molar-refractivity contribution in [3.63, 3.8) is 0 Å². The quantitative estimate of drug-likeness (QED) is 0.455. The van der Waals surface area contributed by atoms with Crippen molar-refractivity contribution in [1.29, 1.82) is 0 Å². The largest absolute Gasteiger partial charge is 0.378 e. The molecule has 0 bridgehead atoms. The Morgan fingerprint density at radius 1 is 1.16 bits per heavy atom. The summed E-state index contributed by atoms with van der Waals surface area (Å²) in [7, 11) is 0. The van der Waals surface area contributed by atoms with Crippen LogP contribution in [0.2, 0.25) is 0 Å². The van der Waals surface area contributed by atoms with E-state index in [4.69, 9.17) is 0 Å². The van der Waals surface area contributed by atoms with Crippen LogP contribution in [0.4, 0.5) is 11.4 Å². The van der Waals surface area contributed by atoms with Gasteiger partial charge in [0.05, 0.1) is 11.0 Å². The zero-order valence-electron chi connectivity index (χ0n) is 14.5. The van der Waals surface area contributed by atoms with E-state index in [1.165, 1.54) is 11.1 Å². The molecule has 0 fully saturated rings. The number of non-ortho nitro benzene ring substituents is 1. The van der Waals surface area contributed by atoms with Gasteiger partial charge in [0.2, 0.25) is 0 Å². The van der Waals surface area contributed by atoms with Gasteiger partial charge in [-0.15, -0.1) is 0 Å². The normalized spacial score (nSPS) is 23.9. The second-order valence-corrected chi connectivity index (χ2v) is 7.33. The summed E-state index contributed by atoms with van der Waals surface area (Å²) in [6.07, 6.45) is 5.42. The molecule has 2 aliphatic rings. The third-order valence-corrected chi connectivity index (χ3v) is 5.52. The van der Waals surface area contributed by atoms with Crippen LogP contribution in [0.1, 0.15) is 54.8 Å². The average Bonchev–Trinajstić information content (AvgIpc) is 3.10. The van der Waals surface area contributed by atoms with Gasteiger partial charge in [0.25, 0.3) is 5.69 Å². The van der Waals surface area contributed by atoms with Gasteiger partial charge in [0.1, 0.15) is 0 Å². The monoisotopic (exact) mass is 334 g/mol. The summed E-state index contributed by atoms with van der Waals surface area (Å²) in [5.41, 5.74) is 4.85. The zero-order valence-corrected chi connectivity index (χ0v) is 14.5. The Labute approximate surface area is 147 Å². The molecular weight excluding hydrogens is 312 g/mol. The number of hydrogen-bond acceptors (Lipinski definition) is 3. The summed E-state index contributed by atoms with van der Waals surface area (Å²) in [6, 6.07) is 14.3. The maximum absolute atomic E-state index is 11.1. The average molecular weight is 334 g/mol. The first kappa shape index (κ1) is 15.9. The van der Waals surface area contributed by atoms with Gasteiger partial charge in [-0.2, -0.15) is 0 Å². The van der Waals surface area contributed by atoms with E-state index >= 15 is 0 Å². The Balaban J connectivity index is 1.71. The molecule has 25 heavy (non-hydrogen) atoms. The highest BCUT2D eigenvalue weighted by Gasteiger charge is 2.38. The van der Waals surface area contributed by atoms with Crippen LogP contribution in [0.25, 0.3) is 0 Å². The molecule has 0 aromatic heterocycles. The van der Waals surface area contributed by atoms with Crippen molar-refractivity contribution >= 4 is 11.4 Å². The van der Waals surface area contributed by atoms with Crippen LogP contribution in [0.5, 0.6) is 0 Å². The number of rotatable bonds is 3. The Morgan fingerprint density at radius 3 is 2.60 bits per heavy atom. The van der Waals surface area contributed by atoms with E-state index in [9.17, 15) is 10.1 Å². The van der Waals surface area contributed by atoms with E-state index in [0.717, 1.165) is 17.7 Å². The molecule has 0 amide bonds. The molecule has 0 saturated heterocycles. The molecule has 2 aromatic carbocycles. The Kier molecular flexibility index (Phi) is 3.83. The van der Waals surface area contributed by atoms with Crippen molar-refractivity contribution in [2.75, 3.05) is 5.32 Å². The highest BCUT2D eigenvalue weighted by molar-refractivity contribution is 5.62. The van der Waals surface area contributed by atoms with Crippen LogP contribution < -0.4 is 5.32 Å². The predicted octanol–water partition coefficient (Wildman–Crippen LogP) is 5.54. The molecule has 0 radical (unpaired) electrons. The number of fused-ring (bicyclic) bond motifs is 3. The van der Waals surface area contributed by atoms with E-state index < -0.39 is 0 Å². The van der Waals surface area contributed by atoms with Crippen LogP contribution in [0.3, 0.4) is 0 Å². The first-order valence-electron chi connectivity index (χ1n) is 8.86. The molecule has 4 nitrogen and oxygen atoms in total. The molecule has 1 N–H and O–H groups in total. The molecule has 0 saturated carbocycles. The van der Waals surface area contributed by atoms with Gasteiger partial charge in [0, 0.05) is 23.7 Å². The van der Waals surface area contributed by atoms with Crippen LogP contribution in [0.15, 0.2) is 54.6 Å². The second kappa shape index (κ2) is 6.03. The van der Waals surface area contributed by atoms with Crippen LogP contribution in [0, 0.1) is 16.0 Å². The van der Waals surface area contributed by atoms with Crippen molar-refractivity contribution in [3.8, 4) is 0 Å². The van der Waals surface area contributed by atoms with Crippen LogP contribution in [-0.4, -0.2) is 4.92 Å². The van der Waals surface area contributed by atoms with Crippen molar-refractivity contribution in [2.24, 2.45) is 5.92 Å². The van der Waals surface area contributed by atoms with E-state index in [1.54, 1.807) is 12.1 Å². The number of anilines is 1. The van der Waals surface area contributed by atoms with Crippen LogP contribution in [-0.2, 0) is 0 Å². The number of benzene rings is 2. The fourth-order valence-electron chi connectivity index (χ4n) is 4.11. The minimum atomic E-state index is -0.315. The first-order valence-corrected chi connectivity index (χ1v) is 8.86. The highest BCUT2D eigenvalue weighted by Crippen LogP contribution is 2.50. The number of nitro benzene ring substituents is 1. The van der Waals surface area contributed by atoms with Gasteiger partial charge in [-0.1, -0.05) is 50.3 Å². The van der Waals surface area contributed by atoms with Crippen LogP contribution >= 0.6 is 0 Å². The number of nitro groups is 1. The highest BCUT2D eigenvalue weighted by atomic mass is 16.6. The van der Waals surface area contributed by atoms with Crippen molar-refractivity contribution in [2.45, 2.75) is 38.1 Å². The van der Waals surface area contributed by atoms with Gasteiger partial charge in [-0.25, -0.2) is 0 Å². The van der Waals surface area contributed by atoms with Gasteiger partial charge in [-0.3, -0.25) is 10.1 Å². The minimum absolute atomic E-state index is 0.166. The first-order chi connectivity index (χ1) is 12.0. The summed E-state index contributed by atoms with van der Waals surface area (Å²) < 4.78 is 0. The lowest BCUT2D eigenvalue weighted by Gasteiger charge is -2.37. The lowest BCUT2D eigenvalue weighted by atomic mass is 9.76. The topological polar surface area (TPSA) is 55.2 Å². The smallest absolute Gasteiger partial charge is 0.269 e. The molecule has 1 aliphatic heterocycles. The third-order valence-electron chi connectivity index (χ3n) is 5.52. The lowest BCUT2D eigenvalue weighted by Crippen LogP contribution is -2.29. The SMILES string of the molecule is CC(C)c1ccc(C2Nc3ccc([N+](=O)[O-])cc3C3C=CCC32)cc1. The minimum Gasteiger partial charge on any atom is -0.378 e. The Morgan fingerprint density at radius 2 is 1.92 bits per heavy atom. The predicted molar refractivity (Wildman–Crippen MR) is 100.0 cm³/mol. The van der Waals surface area contributed by atoms with E-state index in [1.807, 2.05) is 6.07 Å². The number of hydrogen-bond donors (Lipinski definition) is 1. The summed E-state index contributed by atoms with van der Waals surface area (Å²) in [5.74, 6) is 1.17. The third kappa shape index (κ3) is 2.72. The molecule has 128 valence electrons. The zero-order chi connectivity index (χ0) is 17.6. The van der Waals surface area contributed by atoms with Crippen molar-refractivity contribution < 1.29 is 4.92 Å². The fourth-order valence-corrected chi connectivity index (χ4v) is 4.11. The Bertz CT molecular complexity index is 839. The Hall–Kier alpha value is -2.62. The molecule has 1 aliphatic carbocycles. The molecule has 3 atom stereocenters. The summed E-state index contributed by atoms with van der Waals surface area (Å²) in [5, 5.41) is 14.8. The second-order valence-electron chi connectivity index (χ2n) is 7.33. The number of nitrogens with one attached hydrogen (secondary N) is 1. The molecule has 4 rings (SSSR count). The fraction of sp³-hybridized carbons (Fsp3) is 0.333. The number of nitrogens with zero attached hydrogens (tertiary/aromatic N) is 1. The molecule has 2 aromatic rings. The summed E-state index contributed by atoms with van der Waals surface area (Å²) >= 11 is 0. The van der Waals surface area contributed by atoms with Gasteiger partial charge in [-0.05, 0) is 41.0 Å². The molecule has 1 heterocycles. The standard InChI is InChI=1S/C21H22N2O2/c1-13(2)14-6-8-15(9-7-14)21-18-5-3-4-17(18)19-12-16(23(24)25)10-11-20(19)22-21/h3-4,6-13,17-18,21-22H,5H2,1-2H3. The molecule has 4 heteroatoms. The van der Waals surface area contributed by atoms with Gasteiger partial charge < -0.3 is 5.32 Å². The number of allylic oxidation sites excluding steroid dienone is 2. The maximum atomic E-state index is 11.1. The summed E-state index contributed by atoms with van der Waals surface area (Å²) in [4.78, 5) is 10.8. The van der Waals surface area contributed by atoms with Crippen molar-refractivity contribution in [3.05, 3.63) is 81.4 Å². The van der Waals surface area contributed by atoms with E-state index in [-0.39, 0.29) is 22.6 Å². The maximum Gasteiger partial charge on any atom is 0.269 e. The van der Waals surface area contributed by atoms with Gasteiger partial charge >= 0.3 is 0 Å². The lowest BCUT2D eigenvalue weighted by molar-refractivity contribution is -0.384. The molecular formula is C21H22N2O2. The van der Waals surface area contributed by atoms with Gasteiger partial charge in [0.15, 0.2) is 0 Å². The van der Waals surface area contributed by atoms with E-state index in [0.29, 0.717) is 11.8 Å². The molecule has 0 spiro atoms. The summed E-state index contributed by atoms with van der Waals surface area (Å²) in [6.45, 7) is 4.40.